The molecule has 1 aliphatic rings. The molecule has 0 aromatic rings. The van der Waals surface area contributed by atoms with Crippen molar-refractivity contribution in [3.8, 4) is 0 Å². The van der Waals surface area contributed by atoms with E-state index in [-0.39, 0.29) is 5.91 Å². The molecule has 0 aromatic heterocycles. The van der Waals surface area contributed by atoms with Crippen LogP contribution in [-0.2, 0) is 4.79 Å². The second kappa shape index (κ2) is 8.09. The number of likely N-dealkylation sites (tertiary alicyclic amines) is 1. The topological polar surface area (TPSA) is 32.3 Å². The third-order valence-corrected chi connectivity index (χ3v) is 4.57. The molecule has 1 atom stereocenters. The number of piperidine rings is 1. The fourth-order valence-corrected chi connectivity index (χ4v) is 2.98. The van der Waals surface area contributed by atoms with Crippen molar-refractivity contribution in [1.82, 2.24) is 10.2 Å². The number of carbonyl (C=O) groups is 1. The highest BCUT2D eigenvalue weighted by atomic mass is 79.9. The molecule has 100 valence electrons. The molecule has 1 heterocycles. The summed E-state index contributed by atoms with van der Waals surface area (Å²) in [5.41, 5.74) is 0. The zero-order valence-corrected chi connectivity index (χ0v) is 12.6. The van der Waals surface area contributed by atoms with E-state index < -0.39 is 0 Å². The molecular formula is C13H25BrN2O. The summed E-state index contributed by atoms with van der Waals surface area (Å²) in [6, 6.07) is 0. The van der Waals surface area contributed by atoms with Crippen LogP contribution in [-0.4, -0.2) is 42.3 Å². The highest BCUT2D eigenvalue weighted by Crippen LogP contribution is 2.18. The highest BCUT2D eigenvalue weighted by molar-refractivity contribution is 9.09. The van der Waals surface area contributed by atoms with Gasteiger partial charge in [-0.1, -0.05) is 29.3 Å². The smallest absolute Gasteiger partial charge is 0.216 e. The first-order valence-electron chi connectivity index (χ1n) is 6.68. The minimum absolute atomic E-state index is 0.0952. The number of nitrogens with one attached hydrogen (secondary N) is 1. The lowest BCUT2D eigenvalue weighted by Gasteiger charge is -2.33. The number of alkyl halides is 1. The SMILES string of the molecule is CCC(CBr)CN1CCC(CNC(C)=O)CC1. The van der Waals surface area contributed by atoms with Gasteiger partial charge in [0.2, 0.25) is 5.91 Å². The maximum atomic E-state index is 10.8. The van der Waals surface area contributed by atoms with Crippen molar-refractivity contribution in [2.75, 3.05) is 31.5 Å². The van der Waals surface area contributed by atoms with E-state index in [1.54, 1.807) is 6.92 Å². The van der Waals surface area contributed by atoms with Gasteiger partial charge in [-0.25, -0.2) is 0 Å². The summed E-state index contributed by atoms with van der Waals surface area (Å²) < 4.78 is 0. The summed E-state index contributed by atoms with van der Waals surface area (Å²) in [4.78, 5) is 13.4. The van der Waals surface area contributed by atoms with Gasteiger partial charge >= 0.3 is 0 Å². The first-order chi connectivity index (χ1) is 8.15. The van der Waals surface area contributed by atoms with E-state index in [1.807, 2.05) is 0 Å². The van der Waals surface area contributed by atoms with E-state index >= 15 is 0 Å². The predicted molar refractivity (Wildman–Crippen MR) is 75.4 cm³/mol. The molecule has 1 aliphatic heterocycles. The number of carbonyl (C=O) groups excluding carboxylic acids is 1. The minimum atomic E-state index is 0.0952. The van der Waals surface area contributed by atoms with Crippen molar-refractivity contribution >= 4 is 21.8 Å². The van der Waals surface area contributed by atoms with Crippen molar-refractivity contribution < 1.29 is 4.79 Å². The van der Waals surface area contributed by atoms with Crippen LogP contribution in [0, 0.1) is 11.8 Å². The minimum Gasteiger partial charge on any atom is -0.356 e. The molecule has 4 heteroatoms. The average molecular weight is 305 g/mol. The van der Waals surface area contributed by atoms with Crippen LogP contribution in [0.1, 0.15) is 33.1 Å². The Morgan fingerprint density at radius 2 is 2.12 bits per heavy atom. The molecule has 0 spiro atoms. The Morgan fingerprint density at radius 3 is 2.59 bits per heavy atom. The van der Waals surface area contributed by atoms with Crippen LogP contribution >= 0.6 is 15.9 Å². The Hall–Kier alpha value is -0.0900. The molecule has 17 heavy (non-hydrogen) atoms. The van der Waals surface area contributed by atoms with Gasteiger partial charge < -0.3 is 10.2 Å². The van der Waals surface area contributed by atoms with Crippen LogP contribution in [0.4, 0.5) is 0 Å². The van der Waals surface area contributed by atoms with Gasteiger partial charge in [0, 0.05) is 25.3 Å². The van der Waals surface area contributed by atoms with Gasteiger partial charge in [0.25, 0.3) is 0 Å². The molecule has 0 radical (unpaired) electrons. The Kier molecular flexibility index (Phi) is 7.12. The zero-order valence-electron chi connectivity index (χ0n) is 11.0. The van der Waals surface area contributed by atoms with Crippen LogP contribution < -0.4 is 5.32 Å². The normalized spacial score (nSPS) is 20.2. The Balaban J connectivity index is 2.19. The van der Waals surface area contributed by atoms with E-state index in [4.69, 9.17) is 0 Å². The molecule has 1 unspecified atom stereocenters. The summed E-state index contributed by atoms with van der Waals surface area (Å²) in [6.45, 7) is 8.31. The molecule has 0 aromatic carbocycles. The Morgan fingerprint density at radius 1 is 1.47 bits per heavy atom. The Labute approximate surface area is 113 Å². The quantitative estimate of drug-likeness (QED) is 0.764. The average Bonchev–Trinajstić information content (AvgIpc) is 2.34. The lowest BCUT2D eigenvalue weighted by molar-refractivity contribution is -0.119. The summed E-state index contributed by atoms with van der Waals surface area (Å²) in [5, 5.41) is 4.03. The zero-order chi connectivity index (χ0) is 12.7. The largest absolute Gasteiger partial charge is 0.356 e. The third-order valence-electron chi connectivity index (χ3n) is 3.66. The third kappa shape index (κ3) is 5.87. The van der Waals surface area contributed by atoms with Gasteiger partial charge in [-0.3, -0.25) is 4.79 Å². The van der Waals surface area contributed by atoms with Gasteiger partial charge in [-0.15, -0.1) is 0 Å². The van der Waals surface area contributed by atoms with Crippen LogP contribution in [0.5, 0.6) is 0 Å². The van der Waals surface area contributed by atoms with Gasteiger partial charge in [-0.05, 0) is 37.8 Å². The highest BCUT2D eigenvalue weighted by Gasteiger charge is 2.20. The maximum Gasteiger partial charge on any atom is 0.216 e. The van der Waals surface area contributed by atoms with E-state index in [0.717, 1.165) is 17.8 Å². The van der Waals surface area contributed by atoms with Crippen molar-refractivity contribution in [3.63, 3.8) is 0 Å². The first-order valence-corrected chi connectivity index (χ1v) is 7.80. The molecule has 0 aliphatic carbocycles. The first kappa shape index (κ1) is 15.0. The fraction of sp³-hybridized carbons (Fsp3) is 0.923. The molecule has 0 bridgehead atoms. The molecule has 1 amide bonds. The summed E-state index contributed by atoms with van der Waals surface area (Å²) in [5.74, 6) is 1.55. The summed E-state index contributed by atoms with van der Waals surface area (Å²) >= 11 is 3.58. The maximum absolute atomic E-state index is 10.8. The van der Waals surface area contributed by atoms with E-state index in [9.17, 15) is 4.79 Å². The number of amides is 1. The lowest BCUT2D eigenvalue weighted by Crippen LogP contribution is -2.40. The lowest BCUT2D eigenvalue weighted by atomic mass is 9.95. The number of nitrogens with zero attached hydrogens (tertiary/aromatic N) is 1. The second-order valence-corrected chi connectivity index (χ2v) is 5.76. The van der Waals surface area contributed by atoms with Crippen LogP contribution in [0.15, 0.2) is 0 Å². The molecule has 0 saturated carbocycles. The molecule has 1 rings (SSSR count). The monoisotopic (exact) mass is 304 g/mol. The van der Waals surface area contributed by atoms with Crippen molar-refractivity contribution in [3.05, 3.63) is 0 Å². The summed E-state index contributed by atoms with van der Waals surface area (Å²) in [7, 11) is 0. The van der Waals surface area contributed by atoms with Gasteiger partial charge in [0.1, 0.15) is 0 Å². The van der Waals surface area contributed by atoms with E-state index in [2.05, 4.69) is 33.1 Å². The van der Waals surface area contributed by atoms with Gasteiger partial charge in [-0.2, -0.15) is 0 Å². The molecule has 1 saturated heterocycles. The molecule has 1 fully saturated rings. The van der Waals surface area contributed by atoms with Crippen molar-refractivity contribution in [2.24, 2.45) is 11.8 Å². The number of hydrogen-bond acceptors (Lipinski definition) is 2. The van der Waals surface area contributed by atoms with Crippen molar-refractivity contribution in [2.45, 2.75) is 33.1 Å². The standard InChI is InChI=1S/C13H25BrN2O/c1-3-12(8-14)10-16-6-4-13(5-7-16)9-15-11(2)17/h12-13H,3-10H2,1-2H3,(H,15,17). The van der Waals surface area contributed by atoms with Crippen LogP contribution in [0.2, 0.25) is 0 Å². The Bertz CT molecular complexity index is 223. The molecular weight excluding hydrogens is 280 g/mol. The van der Waals surface area contributed by atoms with Gasteiger partial charge in [0.05, 0.1) is 0 Å². The number of halogens is 1. The predicted octanol–water partition coefficient (Wildman–Crippen LogP) is 2.26. The van der Waals surface area contributed by atoms with Crippen molar-refractivity contribution in [1.29, 1.82) is 0 Å². The summed E-state index contributed by atoms with van der Waals surface area (Å²) in [6.07, 6.45) is 3.69. The van der Waals surface area contributed by atoms with E-state index in [1.165, 1.54) is 38.9 Å². The molecule has 1 N–H and O–H groups in total. The van der Waals surface area contributed by atoms with Gasteiger partial charge in [0.15, 0.2) is 0 Å². The molecule has 3 nitrogen and oxygen atoms in total. The van der Waals surface area contributed by atoms with Crippen LogP contribution in [0.25, 0.3) is 0 Å². The number of hydrogen-bond donors (Lipinski definition) is 1. The number of rotatable bonds is 6. The fourth-order valence-electron chi connectivity index (χ4n) is 2.31. The van der Waals surface area contributed by atoms with Crippen LogP contribution in [0.3, 0.4) is 0 Å². The second-order valence-electron chi connectivity index (χ2n) is 5.11. The van der Waals surface area contributed by atoms with E-state index in [0.29, 0.717) is 5.92 Å².